The van der Waals surface area contributed by atoms with Gasteiger partial charge in [0.15, 0.2) is 0 Å². The summed E-state index contributed by atoms with van der Waals surface area (Å²) in [6.07, 6.45) is -2.73. The van der Waals surface area contributed by atoms with Crippen molar-refractivity contribution in [2.45, 2.75) is 19.6 Å². The number of hydrogen-bond donors (Lipinski definition) is 1. The van der Waals surface area contributed by atoms with Crippen LogP contribution in [0.15, 0.2) is 24.4 Å². The first kappa shape index (κ1) is 15.8. The lowest BCUT2D eigenvalue weighted by molar-refractivity contribution is -0.188. The number of carboxylic acid groups (broad SMARTS) is 1. The van der Waals surface area contributed by atoms with E-state index >= 15 is 0 Å². The SMILES string of the molecule is Cc1cccc2nc(CN3C[C@@H](C(F)(F)F)[C@H](C(=O)O)C3)cn12. The molecule has 0 radical (unpaired) electrons. The summed E-state index contributed by atoms with van der Waals surface area (Å²) >= 11 is 0. The first-order valence-corrected chi connectivity index (χ1v) is 7.21. The molecule has 2 aromatic rings. The lowest BCUT2D eigenvalue weighted by Gasteiger charge is -2.18. The van der Waals surface area contributed by atoms with Gasteiger partial charge in [0, 0.05) is 31.5 Å². The molecule has 0 bridgehead atoms. The number of carboxylic acids is 1. The Labute approximate surface area is 130 Å². The Bertz CT molecular complexity index is 741. The fraction of sp³-hybridized carbons (Fsp3) is 0.467. The van der Waals surface area contributed by atoms with E-state index in [1.54, 1.807) is 6.20 Å². The van der Waals surface area contributed by atoms with Gasteiger partial charge < -0.3 is 9.51 Å². The molecule has 1 fully saturated rings. The third-order valence-electron chi connectivity index (χ3n) is 4.26. The van der Waals surface area contributed by atoms with Crippen LogP contribution in [0.5, 0.6) is 0 Å². The number of imidazole rings is 1. The Kier molecular flexibility index (Phi) is 3.79. The number of alkyl halides is 3. The van der Waals surface area contributed by atoms with Gasteiger partial charge >= 0.3 is 12.1 Å². The van der Waals surface area contributed by atoms with Gasteiger partial charge in [0.25, 0.3) is 0 Å². The predicted molar refractivity (Wildman–Crippen MR) is 75.9 cm³/mol. The summed E-state index contributed by atoms with van der Waals surface area (Å²) in [6, 6.07) is 5.59. The molecule has 0 unspecified atom stereocenters. The Morgan fingerprint density at radius 2 is 2.13 bits per heavy atom. The van der Waals surface area contributed by atoms with E-state index in [-0.39, 0.29) is 19.6 Å². The molecular formula is C15H16F3N3O2. The number of carbonyl (C=O) groups is 1. The van der Waals surface area contributed by atoms with Crippen molar-refractivity contribution in [3.05, 3.63) is 35.8 Å². The van der Waals surface area contributed by atoms with E-state index in [9.17, 15) is 18.0 Å². The maximum absolute atomic E-state index is 13.0. The maximum Gasteiger partial charge on any atom is 0.393 e. The van der Waals surface area contributed by atoms with Crippen molar-refractivity contribution < 1.29 is 23.1 Å². The van der Waals surface area contributed by atoms with E-state index in [1.807, 2.05) is 29.5 Å². The molecule has 8 heteroatoms. The minimum atomic E-state index is -4.51. The van der Waals surface area contributed by atoms with Crippen LogP contribution in [0.2, 0.25) is 0 Å². The Morgan fingerprint density at radius 1 is 1.39 bits per heavy atom. The molecule has 5 nitrogen and oxygen atoms in total. The molecule has 0 aromatic carbocycles. The third-order valence-corrected chi connectivity index (χ3v) is 4.26. The third kappa shape index (κ3) is 3.03. The minimum absolute atomic E-state index is 0.119. The van der Waals surface area contributed by atoms with Gasteiger partial charge in [-0.3, -0.25) is 9.69 Å². The molecule has 3 heterocycles. The van der Waals surface area contributed by atoms with Crippen LogP contribution in [-0.2, 0) is 11.3 Å². The van der Waals surface area contributed by atoms with Crippen molar-refractivity contribution in [1.82, 2.24) is 14.3 Å². The van der Waals surface area contributed by atoms with Crippen LogP contribution in [0.25, 0.3) is 5.65 Å². The zero-order valence-electron chi connectivity index (χ0n) is 12.4. The van der Waals surface area contributed by atoms with Gasteiger partial charge in [0.05, 0.1) is 17.5 Å². The number of aryl methyl sites for hydroxylation is 1. The summed E-state index contributed by atoms with van der Waals surface area (Å²) in [5.41, 5.74) is 2.33. The highest BCUT2D eigenvalue weighted by Crippen LogP contribution is 2.38. The van der Waals surface area contributed by atoms with Gasteiger partial charge in [0.2, 0.25) is 0 Å². The molecule has 1 aliphatic heterocycles. The van der Waals surface area contributed by atoms with Crippen LogP contribution in [0, 0.1) is 18.8 Å². The first-order chi connectivity index (χ1) is 10.8. The van der Waals surface area contributed by atoms with Gasteiger partial charge in [-0.25, -0.2) is 4.98 Å². The molecule has 3 rings (SSSR count). The van der Waals surface area contributed by atoms with Crippen LogP contribution >= 0.6 is 0 Å². The number of pyridine rings is 1. The van der Waals surface area contributed by atoms with E-state index in [2.05, 4.69) is 4.98 Å². The molecule has 0 amide bonds. The number of fused-ring (bicyclic) bond motifs is 1. The van der Waals surface area contributed by atoms with E-state index in [4.69, 9.17) is 5.11 Å². The average Bonchev–Trinajstić information content (AvgIpc) is 3.03. The number of nitrogens with zero attached hydrogens (tertiary/aromatic N) is 3. The monoisotopic (exact) mass is 327 g/mol. The van der Waals surface area contributed by atoms with Gasteiger partial charge in [0.1, 0.15) is 5.65 Å². The number of halogens is 3. The number of likely N-dealkylation sites (tertiary alicyclic amines) is 1. The smallest absolute Gasteiger partial charge is 0.393 e. The summed E-state index contributed by atoms with van der Waals surface area (Å²) < 4.78 is 40.8. The van der Waals surface area contributed by atoms with Gasteiger partial charge in [-0.2, -0.15) is 13.2 Å². The van der Waals surface area contributed by atoms with E-state index in [1.165, 1.54) is 4.90 Å². The number of hydrogen-bond acceptors (Lipinski definition) is 3. The lowest BCUT2D eigenvalue weighted by atomic mass is 9.96. The van der Waals surface area contributed by atoms with Gasteiger partial charge in [-0.1, -0.05) is 6.07 Å². The molecule has 1 N–H and O–H groups in total. The van der Waals surface area contributed by atoms with E-state index in [0.29, 0.717) is 5.69 Å². The highest BCUT2D eigenvalue weighted by atomic mass is 19.4. The van der Waals surface area contributed by atoms with Crippen molar-refractivity contribution in [3.63, 3.8) is 0 Å². The van der Waals surface area contributed by atoms with Gasteiger partial charge in [-0.15, -0.1) is 0 Å². The molecular weight excluding hydrogens is 311 g/mol. The first-order valence-electron chi connectivity index (χ1n) is 7.21. The highest BCUT2D eigenvalue weighted by molar-refractivity contribution is 5.71. The fourth-order valence-corrected chi connectivity index (χ4v) is 3.10. The number of rotatable bonds is 3. The molecule has 124 valence electrons. The van der Waals surface area contributed by atoms with Crippen molar-refractivity contribution >= 4 is 11.6 Å². The normalized spacial score (nSPS) is 22.8. The zero-order valence-corrected chi connectivity index (χ0v) is 12.4. The van der Waals surface area contributed by atoms with Crippen LogP contribution in [-0.4, -0.2) is 44.6 Å². The largest absolute Gasteiger partial charge is 0.481 e. The number of aliphatic carboxylic acids is 1. The van der Waals surface area contributed by atoms with Crippen molar-refractivity contribution in [2.75, 3.05) is 13.1 Å². The van der Waals surface area contributed by atoms with Gasteiger partial charge in [-0.05, 0) is 19.1 Å². The summed E-state index contributed by atoms with van der Waals surface area (Å²) in [5.74, 6) is -4.66. The molecule has 0 spiro atoms. The lowest BCUT2D eigenvalue weighted by Crippen LogP contribution is -2.33. The van der Waals surface area contributed by atoms with Crippen LogP contribution in [0.1, 0.15) is 11.4 Å². The van der Waals surface area contributed by atoms with Crippen molar-refractivity contribution in [2.24, 2.45) is 11.8 Å². The quantitative estimate of drug-likeness (QED) is 0.940. The summed E-state index contributed by atoms with van der Waals surface area (Å²) in [6.45, 7) is 1.69. The topological polar surface area (TPSA) is 57.8 Å². The maximum atomic E-state index is 13.0. The summed E-state index contributed by atoms with van der Waals surface area (Å²) in [5, 5.41) is 9.04. The molecule has 2 aromatic heterocycles. The Hall–Kier alpha value is -2.09. The molecule has 1 aliphatic rings. The van der Waals surface area contributed by atoms with Crippen LogP contribution in [0.4, 0.5) is 13.2 Å². The standard InChI is InChI=1S/C15H16F3N3O2/c1-9-3-2-4-13-19-10(6-21(9)13)5-20-7-11(14(22)23)12(8-20)15(16,17)18/h2-4,6,11-12H,5,7-8H2,1H3,(H,22,23)/t11-,12-/m1/s1. The van der Waals surface area contributed by atoms with E-state index in [0.717, 1.165) is 11.3 Å². The summed E-state index contributed by atoms with van der Waals surface area (Å²) in [7, 11) is 0. The second kappa shape index (κ2) is 5.52. The number of aromatic nitrogens is 2. The molecule has 23 heavy (non-hydrogen) atoms. The second-order valence-electron chi connectivity index (χ2n) is 5.91. The Morgan fingerprint density at radius 3 is 2.70 bits per heavy atom. The zero-order chi connectivity index (χ0) is 16.8. The highest BCUT2D eigenvalue weighted by Gasteiger charge is 2.52. The molecule has 0 aliphatic carbocycles. The molecule has 1 saturated heterocycles. The molecule has 0 saturated carbocycles. The second-order valence-corrected chi connectivity index (χ2v) is 5.91. The van der Waals surface area contributed by atoms with Crippen LogP contribution < -0.4 is 0 Å². The average molecular weight is 327 g/mol. The summed E-state index contributed by atoms with van der Waals surface area (Å²) in [4.78, 5) is 17.0. The minimum Gasteiger partial charge on any atom is -0.481 e. The predicted octanol–water partition coefficient (Wildman–Crippen LogP) is 2.34. The Balaban J connectivity index is 1.80. The van der Waals surface area contributed by atoms with Crippen molar-refractivity contribution in [3.8, 4) is 0 Å². The van der Waals surface area contributed by atoms with E-state index < -0.39 is 24.0 Å². The van der Waals surface area contributed by atoms with Crippen LogP contribution in [0.3, 0.4) is 0 Å². The molecule has 2 atom stereocenters. The fourth-order valence-electron chi connectivity index (χ4n) is 3.10. The van der Waals surface area contributed by atoms with Crippen molar-refractivity contribution in [1.29, 1.82) is 0 Å².